The first-order valence-electron chi connectivity index (χ1n) is 3.27. The van der Waals surface area contributed by atoms with Gasteiger partial charge in [0.2, 0.25) is 0 Å². The molecule has 1 aliphatic heterocycles. The third kappa shape index (κ3) is 2.64. The highest BCUT2D eigenvalue weighted by Crippen LogP contribution is 2.03. The smallest absolute Gasteiger partial charge is 0.320 e. The minimum atomic E-state index is -0.720. The highest BCUT2D eigenvalue weighted by molar-refractivity contribution is 5.73. The predicted octanol–water partition coefficient (Wildman–Crippen LogP) is 0.625. The van der Waals surface area contributed by atoms with Crippen molar-refractivity contribution in [2.75, 3.05) is 6.54 Å². The quantitative estimate of drug-likeness (QED) is 0.529. The maximum atomic E-state index is 10.1. The molecule has 0 amide bonds. The lowest BCUT2D eigenvalue weighted by molar-refractivity contribution is -0.139. The van der Waals surface area contributed by atoms with Gasteiger partial charge in [-0.25, -0.2) is 0 Å². The maximum absolute atomic E-state index is 10.1. The summed E-state index contributed by atoms with van der Waals surface area (Å²) in [5, 5.41) is 11.2. The molecular formula is C7H13NO2. The molecule has 0 aromatic carbocycles. The molecule has 1 rings (SSSR count). The third-order valence-corrected chi connectivity index (χ3v) is 1.36. The van der Waals surface area contributed by atoms with E-state index in [1.54, 1.807) is 0 Å². The van der Waals surface area contributed by atoms with Gasteiger partial charge in [-0.15, -0.1) is 13.2 Å². The Labute approximate surface area is 60.7 Å². The monoisotopic (exact) mass is 143 g/mol. The first kappa shape index (κ1) is 9.17. The molecular weight excluding hydrogens is 130 g/mol. The van der Waals surface area contributed by atoms with E-state index in [2.05, 4.69) is 18.5 Å². The van der Waals surface area contributed by atoms with E-state index >= 15 is 0 Å². The van der Waals surface area contributed by atoms with Crippen LogP contribution in [0.5, 0.6) is 0 Å². The Morgan fingerprint density at radius 2 is 2.20 bits per heavy atom. The predicted molar refractivity (Wildman–Crippen MR) is 39.9 cm³/mol. The summed E-state index contributed by atoms with van der Waals surface area (Å²) in [6.45, 7) is 6.86. The molecule has 3 heteroatoms. The molecule has 0 aliphatic carbocycles. The van der Waals surface area contributed by atoms with Crippen molar-refractivity contribution < 1.29 is 9.90 Å². The fourth-order valence-corrected chi connectivity index (χ4v) is 0.895. The molecule has 0 radical (unpaired) electrons. The van der Waals surface area contributed by atoms with Gasteiger partial charge in [0.05, 0.1) is 0 Å². The third-order valence-electron chi connectivity index (χ3n) is 1.36. The van der Waals surface area contributed by atoms with Crippen LogP contribution in [0.3, 0.4) is 0 Å². The number of carboxylic acids is 1. The first-order chi connectivity index (χ1) is 4.80. The Morgan fingerprint density at radius 1 is 1.60 bits per heavy atom. The zero-order valence-electron chi connectivity index (χ0n) is 5.97. The Morgan fingerprint density at radius 3 is 2.40 bits per heavy atom. The van der Waals surface area contributed by atoms with Gasteiger partial charge in [-0.3, -0.25) is 4.79 Å². The molecule has 1 unspecified atom stereocenters. The molecule has 0 saturated carbocycles. The Hall–Kier alpha value is -0.830. The molecule has 10 heavy (non-hydrogen) atoms. The molecule has 0 bridgehead atoms. The molecule has 1 fully saturated rings. The van der Waals surface area contributed by atoms with E-state index in [1.165, 1.54) is 0 Å². The topological polar surface area (TPSA) is 49.3 Å². The lowest BCUT2D eigenvalue weighted by Crippen LogP contribution is -2.29. The van der Waals surface area contributed by atoms with Crippen LogP contribution in [0.4, 0.5) is 0 Å². The van der Waals surface area contributed by atoms with Gasteiger partial charge in [-0.2, -0.15) is 0 Å². The van der Waals surface area contributed by atoms with Crippen LogP contribution in [0.15, 0.2) is 13.2 Å². The van der Waals surface area contributed by atoms with Crippen LogP contribution in [0.2, 0.25) is 0 Å². The SMILES string of the molecule is C=C.O=C(O)C1CCCN1. The van der Waals surface area contributed by atoms with Crippen LogP contribution in [0, 0.1) is 0 Å². The number of hydrogen-bond acceptors (Lipinski definition) is 2. The first-order valence-corrected chi connectivity index (χ1v) is 3.27. The summed E-state index contributed by atoms with van der Waals surface area (Å²) in [6, 6.07) is -0.269. The standard InChI is InChI=1S/C5H9NO2.C2H4/c7-5(8)4-2-1-3-6-4;1-2/h4,6H,1-3H2,(H,7,8);1-2H2. The van der Waals surface area contributed by atoms with Crippen molar-refractivity contribution in [3.05, 3.63) is 13.2 Å². The van der Waals surface area contributed by atoms with E-state index in [-0.39, 0.29) is 6.04 Å². The zero-order chi connectivity index (χ0) is 7.98. The van der Waals surface area contributed by atoms with Gasteiger partial charge < -0.3 is 10.4 Å². The summed E-state index contributed by atoms with van der Waals surface area (Å²) in [5.74, 6) is -0.720. The lowest BCUT2D eigenvalue weighted by Gasteiger charge is -1.99. The molecule has 0 aromatic heterocycles. The Kier molecular flexibility index (Phi) is 4.58. The lowest BCUT2D eigenvalue weighted by atomic mass is 10.2. The molecule has 1 atom stereocenters. The minimum Gasteiger partial charge on any atom is -0.480 e. The van der Waals surface area contributed by atoms with Crippen molar-refractivity contribution in [3.8, 4) is 0 Å². The second kappa shape index (κ2) is 4.99. The fourth-order valence-electron chi connectivity index (χ4n) is 0.895. The highest BCUT2D eigenvalue weighted by atomic mass is 16.4. The number of rotatable bonds is 1. The second-order valence-corrected chi connectivity index (χ2v) is 1.99. The van der Waals surface area contributed by atoms with Crippen molar-refractivity contribution >= 4 is 5.97 Å². The van der Waals surface area contributed by atoms with Gasteiger partial charge >= 0.3 is 5.97 Å². The molecule has 0 aromatic rings. The summed E-state index contributed by atoms with van der Waals surface area (Å²) in [4.78, 5) is 10.1. The molecule has 58 valence electrons. The van der Waals surface area contributed by atoms with Crippen LogP contribution >= 0.6 is 0 Å². The molecule has 2 N–H and O–H groups in total. The molecule has 3 nitrogen and oxygen atoms in total. The van der Waals surface area contributed by atoms with Crippen molar-refractivity contribution in [3.63, 3.8) is 0 Å². The van der Waals surface area contributed by atoms with Gasteiger partial charge in [0, 0.05) is 0 Å². The normalized spacial score (nSPS) is 23.0. The van der Waals surface area contributed by atoms with Crippen molar-refractivity contribution in [1.82, 2.24) is 5.32 Å². The van der Waals surface area contributed by atoms with Crippen molar-refractivity contribution in [2.45, 2.75) is 18.9 Å². The zero-order valence-corrected chi connectivity index (χ0v) is 5.97. The Balaban J connectivity index is 0.000000371. The number of carboxylic acid groups (broad SMARTS) is 1. The van der Waals surface area contributed by atoms with E-state index in [0.29, 0.717) is 0 Å². The minimum absolute atomic E-state index is 0.269. The number of hydrogen-bond donors (Lipinski definition) is 2. The van der Waals surface area contributed by atoms with Crippen LogP contribution in [0.25, 0.3) is 0 Å². The van der Waals surface area contributed by atoms with Gasteiger partial charge in [0.25, 0.3) is 0 Å². The summed E-state index contributed by atoms with van der Waals surface area (Å²) in [6.07, 6.45) is 1.78. The molecule has 0 spiro atoms. The number of aliphatic carboxylic acids is 1. The van der Waals surface area contributed by atoms with Crippen molar-refractivity contribution in [2.24, 2.45) is 0 Å². The van der Waals surface area contributed by atoms with Crippen LogP contribution in [0.1, 0.15) is 12.8 Å². The average molecular weight is 143 g/mol. The van der Waals surface area contributed by atoms with Crippen molar-refractivity contribution in [1.29, 1.82) is 0 Å². The second-order valence-electron chi connectivity index (χ2n) is 1.99. The summed E-state index contributed by atoms with van der Waals surface area (Å²) in [7, 11) is 0. The fraction of sp³-hybridized carbons (Fsp3) is 0.571. The maximum Gasteiger partial charge on any atom is 0.320 e. The highest BCUT2D eigenvalue weighted by Gasteiger charge is 2.20. The molecule has 1 heterocycles. The van der Waals surface area contributed by atoms with Gasteiger partial charge in [0.1, 0.15) is 6.04 Å². The molecule has 1 saturated heterocycles. The van der Waals surface area contributed by atoms with Gasteiger partial charge in [-0.1, -0.05) is 0 Å². The van der Waals surface area contributed by atoms with E-state index in [9.17, 15) is 4.79 Å². The van der Waals surface area contributed by atoms with Crippen LogP contribution < -0.4 is 5.32 Å². The van der Waals surface area contributed by atoms with E-state index in [4.69, 9.17) is 5.11 Å². The number of carbonyl (C=O) groups is 1. The van der Waals surface area contributed by atoms with E-state index in [1.807, 2.05) is 0 Å². The Bertz CT molecular complexity index is 108. The largest absolute Gasteiger partial charge is 0.480 e. The van der Waals surface area contributed by atoms with Crippen LogP contribution in [-0.2, 0) is 4.79 Å². The van der Waals surface area contributed by atoms with Crippen LogP contribution in [-0.4, -0.2) is 23.7 Å². The average Bonchev–Trinajstić information content (AvgIpc) is 2.42. The van der Waals surface area contributed by atoms with E-state index in [0.717, 1.165) is 19.4 Å². The number of nitrogens with one attached hydrogen (secondary N) is 1. The molecule has 1 aliphatic rings. The van der Waals surface area contributed by atoms with E-state index < -0.39 is 5.97 Å². The van der Waals surface area contributed by atoms with Gasteiger partial charge in [0.15, 0.2) is 0 Å². The summed E-state index contributed by atoms with van der Waals surface area (Å²) in [5.41, 5.74) is 0. The summed E-state index contributed by atoms with van der Waals surface area (Å²) >= 11 is 0. The van der Waals surface area contributed by atoms with Gasteiger partial charge in [-0.05, 0) is 19.4 Å². The summed E-state index contributed by atoms with van der Waals surface area (Å²) < 4.78 is 0.